The lowest BCUT2D eigenvalue weighted by atomic mass is 10.0. The van der Waals surface area contributed by atoms with Gasteiger partial charge in [-0.05, 0) is 44.1 Å². The third-order valence-corrected chi connectivity index (χ3v) is 4.95. The summed E-state index contributed by atoms with van der Waals surface area (Å²) in [6.45, 7) is 10.8. The molecule has 2 heterocycles. The van der Waals surface area contributed by atoms with E-state index in [1.807, 2.05) is 6.20 Å². The van der Waals surface area contributed by atoms with E-state index in [1.54, 1.807) is 0 Å². The summed E-state index contributed by atoms with van der Waals surface area (Å²) in [5, 5.41) is 3.47. The lowest BCUT2D eigenvalue weighted by molar-refractivity contribution is 0.494. The molecule has 1 saturated carbocycles. The molecular formula is C17H28N4. The molecule has 2 unspecified atom stereocenters. The van der Waals surface area contributed by atoms with Gasteiger partial charge in [-0.1, -0.05) is 20.3 Å². The van der Waals surface area contributed by atoms with Crippen molar-refractivity contribution < 1.29 is 0 Å². The molecule has 1 N–H and O–H groups in total. The van der Waals surface area contributed by atoms with E-state index in [9.17, 15) is 0 Å². The Morgan fingerprint density at radius 1 is 1.29 bits per heavy atom. The SMILES string of the molecule is Cc1nc(N2CC3CCCC3C2)ncc1CNCC(C)C. The zero-order valence-electron chi connectivity index (χ0n) is 13.6. The van der Waals surface area contributed by atoms with Gasteiger partial charge in [0.15, 0.2) is 0 Å². The third kappa shape index (κ3) is 3.37. The van der Waals surface area contributed by atoms with Crippen LogP contribution in [0.2, 0.25) is 0 Å². The average Bonchev–Trinajstić information content (AvgIpc) is 3.01. The number of rotatable bonds is 5. The Hall–Kier alpha value is -1.16. The van der Waals surface area contributed by atoms with Gasteiger partial charge in [0.1, 0.15) is 0 Å². The maximum Gasteiger partial charge on any atom is 0.225 e. The molecule has 1 aromatic heterocycles. The Bertz CT molecular complexity index is 474. The molecule has 4 heteroatoms. The molecule has 1 aliphatic heterocycles. The van der Waals surface area contributed by atoms with Crippen LogP contribution in [-0.4, -0.2) is 29.6 Å². The number of hydrogen-bond donors (Lipinski definition) is 1. The van der Waals surface area contributed by atoms with E-state index in [1.165, 1.54) is 24.8 Å². The summed E-state index contributed by atoms with van der Waals surface area (Å²) >= 11 is 0. The Morgan fingerprint density at radius 3 is 2.62 bits per heavy atom. The minimum atomic E-state index is 0.675. The summed E-state index contributed by atoms with van der Waals surface area (Å²) in [6, 6.07) is 0. The molecule has 21 heavy (non-hydrogen) atoms. The van der Waals surface area contributed by atoms with Gasteiger partial charge in [-0.25, -0.2) is 9.97 Å². The fourth-order valence-corrected chi connectivity index (χ4v) is 3.70. The summed E-state index contributed by atoms with van der Waals surface area (Å²) in [4.78, 5) is 11.8. The summed E-state index contributed by atoms with van der Waals surface area (Å²) in [7, 11) is 0. The Balaban J connectivity index is 1.61. The van der Waals surface area contributed by atoms with Crippen LogP contribution >= 0.6 is 0 Å². The molecule has 0 spiro atoms. The van der Waals surface area contributed by atoms with Gasteiger partial charge in [-0.15, -0.1) is 0 Å². The van der Waals surface area contributed by atoms with Gasteiger partial charge < -0.3 is 10.2 Å². The monoisotopic (exact) mass is 288 g/mol. The second-order valence-corrected chi connectivity index (χ2v) is 7.16. The van der Waals surface area contributed by atoms with Crippen molar-refractivity contribution in [2.75, 3.05) is 24.5 Å². The van der Waals surface area contributed by atoms with Crippen molar-refractivity contribution in [3.05, 3.63) is 17.5 Å². The first-order valence-corrected chi connectivity index (χ1v) is 8.41. The first-order valence-electron chi connectivity index (χ1n) is 8.41. The zero-order valence-corrected chi connectivity index (χ0v) is 13.6. The van der Waals surface area contributed by atoms with E-state index >= 15 is 0 Å². The van der Waals surface area contributed by atoms with Crippen LogP contribution in [0.1, 0.15) is 44.4 Å². The van der Waals surface area contributed by atoms with Gasteiger partial charge in [0.05, 0.1) is 0 Å². The number of anilines is 1. The standard InChI is InChI=1S/C17H28N4/c1-12(2)7-18-8-16-9-19-17(20-13(16)3)21-10-14-5-4-6-15(14)11-21/h9,12,14-15,18H,4-8,10-11H2,1-3H3. The van der Waals surface area contributed by atoms with Crippen molar-refractivity contribution >= 4 is 5.95 Å². The van der Waals surface area contributed by atoms with Gasteiger partial charge in [0, 0.05) is 37.1 Å². The molecular weight excluding hydrogens is 260 g/mol. The van der Waals surface area contributed by atoms with Crippen molar-refractivity contribution in [3.8, 4) is 0 Å². The van der Waals surface area contributed by atoms with Crippen LogP contribution in [-0.2, 0) is 6.54 Å². The van der Waals surface area contributed by atoms with Crippen molar-refractivity contribution in [3.63, 3.8) is 0 Å². The Labute approximate surface area is 128 Å². The van der Waals surface area contributed by atoms with Gasteiger partial charge >= 0.3 is 0 Å². The average molecular weight is 288 g/mol. The van der Waals surface area contributed by atoms with E-state index in [0.717, 1.165) is 49.7 Å². The highest BCUT2D eigenvalue weighted by molar-refractivity contribution is 5.35. The maximum atomic E-state index is 4.75. The molecule has 0 aromatic carbocycles. The number of aryl methyl sites for hydroxylation is 1. The molecule has 0 bridgehead atoms. The third-order valence-electron chi connectivity index (χ3n) is 4.95. The number of nitrogens with zero attached hydrogens (tertiary/aromatic N) is 3. The summed E-state index contributed by atoms with van der Waals surface area (Å²) in [6.07, 6.45) is 6.23. The highest BCUT2D eigenvalue weighted by Gasteiger charge is 2.37. The van der Waals surface area contributed by atoms with Gasteiger partial charge in [0.25, 0.3) is 0 Å². The predicted octanol–water partition coefficient (Wildman–Crippen LogP) is 2.77. The second-order valence-electron chi connectivity index (χ2n) is 7.16. The number of nitrogens with one attached hydrogen (secondary N) is 1. The molecule has 2 fully saturated rings. The zero-order chi connectivity index (χ0) is 14.8. The van der Waals surface area contributed by atoms with E-state index < -0.39 is 0 Å². The molecule has 1 aromatic rings. The van der Waals surface area contributed by atoms with Crippen molar-refractivity contribution in [2.45, 2.75) is 46.6 Å². The minimum absolute atomic E-state index is 0.675. The topological polar surface area (TPSA) is 41.1 Å². The number of aromatic nitrogens is 2. The van der Waals surface area contributed by atoms with Gasteiger partial charge in [-0.3, -0.25) is 0 Å². The highest BCUT2D eigenvalue weighted by atomic mass is 15.3. The van der Waals surface area contributed by atoms with Crippen molar-refractivity contribution in [2.24, 2.45) is 17.8 Å². The van der Waals surface area contributed by atoms with Crippen LogP contribution in [0.5, 0.6) is 0 Å². The van der Waals surface area contributed by atoms with E-state index in [2.05, 4.69) is 36.0 Å². The molecule has 4 nitrogen and oxygen atoms in total. The number of fused-ring (bicyclic) bond motifs is 1. The van der Waals surface area contributed by atoms with E-state index in [0.29, 0.717) is 5.92 Å². The molecule has 3 rings (SSSR count). The van der Waals surface area contributed by atoms with Crippen molar-refractivity contribution in [1.29, 1.82) is 0 Å². The summed E-state index contributed by atoms with van der Waals surface area (Å²) in [5.41, 5.74) is 2.34. The quantitative estimate of drug-likeness (QED) is 0.904. The minimum Gasteiger partial charge on any atom is -0.340 e. The molecule has 2 aliphatic rings. The molecule has 1 aliphatic carbocycles. The van der Waals surface area contributed by atoms with E-state index in [4.69, 9.17) is 4.98 Å². The molecule has 0 amide bonds. The summed E-state index contributed by atoms with van der Waals surface area (Å²) in [5.74, 6) is 3.39. The van der Waals surface area contributed by atoms with Crippen LogP contribution in [0.25, 0.3) is 0 Å². The number of hydrogen-bond acceptors (Lipinski definition) is 4. The Morgan fingerprint density at radius 2 is 2.00 bits per heavy atom. The molecule has 116 valence electrons. The van der Waals surface area contributed by atoms with Crippen LogP contribution in [0.15, 0.2) is 6.20 Å². The van der Waals surface area contributed by atoms with Crippen LogP contribution in [0.3, 0.4) is 0 Å². The predicted molar refractivity (Wildman–Crippen MR) is 86.4 cm³/mol. The molecule has 2 atom stereocenters. The van der Waals surface area contributed by atoms with Gasteiger partial charge in [-0.2, -0.15) is 0 Å². The van der Waals surface area contributed by atoms with Gasteiger partial charge in [0.2, 0.25) is 5.95 Å². The fraction of sp³-hybridized carbons (Fsp3) is 0.765. The summed E-state index contributed by atoms with van der Waals surface area (Å²) < 4.78 is 0. The lowest BCUT2D eigenvalue weighted by Crippen LogP contribution is -2.24. The molecule has 1 saturated heterocycles. The first-order chi connectivity index (χ1) is 10.1. The van der Waals surface area contributed by atoms with Crippen molar-refractivity contribution in [1.82, 2.24) is 15.3 Å². The second kappa shape index (κ2) is 6.30. The Kier molecular flexibility index (Phi) is 4.43. The normalized spacial score (nSPS) is 24.9. The van der Waals surface area contributed by atoms with E-state index in [-0.39, 0.29) is 0 Å². The van der Waals surface area contributed by atoms with Crippen LogP contribution in [0, 0.1) is 24.7 Å². The smallest absolute Gasteiger partial charge is 0.225 e. The largest absolute Gasteiger partial charge is 0.340 e. The lowest BCUT2D eigenvalue weighted by Gasteiger charge is -2.18. The molecule has 0 radical (unpaired) electrons. The fourth-order valence-electron chi connectivity index (χ4n) is 3.70. The van der Waals surface area contributed by atoms with Crippen LogP contribution in [0.4, 0.5) is 5.95 Å². The highest BCUT2D eigenvalue weighted by Crippen LogP contribution is 2.38. The maximum absolute atomic E-state index is 4.75. The van der Waals surface area contributed by atoms with Crippen LogP contribution < -0.4 is 10.2 Å². The first kappa shape index (κ1) is 14.8.